The standard InChI is InChI=1S/C28H31N5O6/c1-29-27(35)18-12-16(15-10-11-15)13-22(33(37)38)26(18)31-19-6-3-4-7-20(19)32-28(36)17-14-24(34)30-21-8-5-9-23(39-2)25(17)21/h5,8-9,12-15,19-20,31H,3-4,6-7,10-11H2,1-2H3,(H,29,35)(H,30,34)(H,32,36)/t19-,20+/m1/s1. The van der Waals surface area contributed by atoms with E-state index in [0.717, 1.165) is 31.2 Å². The summed E-state index contributed by atoms with van der Waals surface area (Å²) in [5, 5.41) is 21.5. The van der Waals surface area contributed by atoms with E-state index in [1.54, 1.807) is 30.3 Å². The van der Waals surface area contributed by atoms with Crippen molar-refractivity contribution < 1.29 is 19.2 Å². The third-order valence-electron chi connectivity index (χ3n) is 7.56. The minimum atomic E-state index is -0.467. The largest absolute Gasteiger partial charge is 0.496 e. The van der Waals surface area contributed by atoms with Crippen LogP contribution in [0.5, 0.6) is 5.75 Å². The highest BCUT2D eigenvalue weighted by molar-refractivity contribution is 6.08. The normalized spacial score (nSPS) is 18.8. The minimum absolute atomic E-state index is 0.151. The Bertz CT molecular complexity index is 1510. The lowest BCUT2D eigenvalue weighted by Gasteiger charge is -2.34. The lowest BCUT2D eigenvalue weighted by molar-refractivity contribution is -0.384. The van der Waals surface area contributed by atoms with Crippen LogP contribution in [0, 0.1) is 10.1 Å². The summed E-state index contributed by atoms with van der Waals surface area (Å²) in [5.41, 5.74) is 1.25. The molecular weight excluding hydrogens is 502 g/mol. The van der Waals surface area contributed by atoms with Crippen molar-refractivity contribution in [3.05, 3.63) is 73.6 Å². The number of nitro groups is 1. The van der Waals surface area contributed by atoms with Crippen molar-refractivity contribution in [3.63, 3.8) is 0 Å². The summed E-state index contributed by atoms with van der Waals surface area (Å²) in [6, 6.07) is 8.91. The van der Waals surface area contributed by atoms with Gasteiger partial charge in [0.2, 0.25) is 5.56 Å². The molecule has 2 aromatic carbocycles. The molecule has 2 saturated carbocycles. The van der Waals surface area contributed by atoms with E-state index in [2.05, 4.69) is 20.9 Å². The number of pyridine rings is 1. The summed E-state index contributed by atoms with van der Waals surface area (Å²) >= 11 is 0. The Morgan fingerprint density at radius 2 is 1.77 bits per heavy atom. The summed E-state index contributed by atoms with van der Waals surface area (Å²) < 4.78 is 5.44. The second kappa shape index (κ2) is 10.8. The summed E-state index contributed by atoms with van der Waals surface area (Å²) in [6.45, 7) is 0. The maximum atomic E-state index is 13.5. The summed E-state index contributed by atoms with van der Waals surface area (Å²) in [7, 11) is 2.99. The Morgan fingerprint density at radius 3 is 2.44 bits per heavy atom. The van der Waals surface area contributed by atoms with E-state index in [-0.39, 0.29) is 34.5 Å². The fraction of sp³-hybridized carbons (Fsp3) is 0.393. The third kappa shape index (κ3) is 5.29. The fourth-order valence-corrected chi connectivity index (χ4v) is 5.45. The van der Waals surface area contributed by atoms with Gasteiger partial charge in [0.05, 0.1) is 34.1 Å². The molecule has 0 radical (unpaired) electrons. The molecule has 2 aliphatic rings. The molecular formula is C28H31N5O6. The molecule has 39 heavy (non-hydrogen) atoms. The number of ether oxygens (including phenoxy) is 1. The van der Waals surface area contributed by atoms with Crippen molar-refractivity contribution in [1.29, 1.82) is 0 Å². The molecule has 2 amide bonds. The van der Waals surface area contributed by atoms with Crippen LogP contribution in [0.2, 0.25) is 0 Å². The van der Waals surface area contributed by atoms with Gasteiger partial charge in [-0.3, -0.25) is 24.5 Å². The topological polar surface area (TPSA) is 155 Å². The van der Waals surface area contributed by atoms with Crippen LogP contribution in [0.3, 0.4) is 0 Å². The summed E-state index contributed by atoms with van der Waals surface area (Å²) in [5.74, 6) is -0.182. The van der Waals surface area contributed by atoms with Crippen molar-refractivity contribution in [1.82, 2.24) is 15.6 Å². The van der Waals surface area contributed by atoms with Gasteiger partial charge in [0.15, 0.2) is 0 Å². The number of nitrogens with one attached hydrogen (secondary N) is 4. The predicted octanol–water partition coefficient (Wildman–Crippen LogP) is 3.84. The average Bonchev–Trinajstić information content (AvgIpc) is 3.78. The molecule has 5 rings (SSSR count). The highest BCUT2D eigenvalue weighted by Crippen LogP contribution is 2.44. The molecule has 0 aliphatic heterocycles. The van der Waals surface area contributed by atoms with Crippen molar-refractivity contribution in [2.24, 2.45) is 0 Å². The number of hydrogen-bond donors (Lipinski definition) is 4. The Labute approximate surface area is 224 Å². The molecule has 1 heterocycles. The van der Waals surface area contributed by atoms with Crippen molar-refractivity contribution in [2.75, 3.05) is 19.5 Å². The molecule has 204 valence electrons. The number of fused-ring (bicyclic) bond motifs is 1. The number of carbonyl (C=O) groups excluding carboxylic acids is 2. The molecule has 2 aliphatic carbocycles. The van der Waals surface area contributed by atoms with E-state index in [1.807, 2.05) is 0 Å². The monoisotopic (exact) mass is 533 g/mol. The number of H-pyrrole nitrogens is 1. The number of rotatable bonds is 8. The number of amides is 2. The maximum Gasteiger partial charge on any atom is 0.293 e. The van der Waals surface area contributed by atoms with Crippen LogP contribution in [0.15, 0.2) is 41.2 Å². The second-order valence-corrected chi connectivity index (χ2v) is 10.1. The number of methoxy groups -OCH3 is 1. The number of anilines is 1. The van der Waals surface area contributed by atoms with E-state index in [9.17, 15) is 24.5 Å². The highest BCUT2D eigenvalue weighted by Gasteiger charge is 2.34. The number of benzene rings is 2. The maximum absolute atomic E-state index is 13.5. The number of carbonyl (C=O) groups is 2. The SMILES string of the molecule is CNC(=O)c1cc(C2CC2)cc([N+](=O)[O-])c1N[C@@H]1CCCC[C@@H]1NC(=O)c1cc(=O)[nH]c2cccc(OC)c12. The predicted molar refractivity (Wildman–Crippen MR) is 147 cm³/mol. The van der Waals surface area contributed by atoms with Crippen LogP contribution in [0.25, 0.3) is 10.9 Å². The molecule has 11 heteroatoms. The van der Waals surface area contributed by atoms with Gasteiger partial charge in [-0.15, -0.1) is 0 Å². The molecule has 1 aromatic heterocycles. The summed E-state index contributed by atoms with van der Waals surface area (Å²) in [4.78, 5) is 53.1. The van der Waals surface area contributed by atoms with Gasteiger partial charge in [0.25, 0.3) is 17.5 Å². The lowest BCUT2D eigenvalue weighted by atomic mass is 9.89. The first-order valence-electron chi connectivity index (χ1n) is 13.1. The zero-order valence-electron chi connectivity index (χ0n) is 21.8. The highest BCUT2D eigenvalue weighted by atomic mass is 16.6. The Kier molecular flexibility index (Phi) is 7.23. The van der Waals surface area contributed by atoms with E-state index in [1.165, 1.54) is 20.2 Å². The van der Waals surface area contributed by atoms with Gasteiger partial charge in [-0.1, -0.05) is 18.9 Å². The van der Waals surface area contributed by atoms with E-state index >= 15 is 0 Å². The van der Waals surface area contributed by atoms with Gasteiger partial charge in [-0.2, -0.15) is 0 Å². The quantitative estimate of drug-likeness (QED) is 0.253. The van der Waals surface area contributed by atoms with E-state index < -0.39 is 28.3 Å². The second-order valence-electron chi connectivity index (χ2n) is 10.1. The van der Waals surface area contributed by atoms with Gasteiger partial charge in [-0.25, -0.2) is 0 Å². The number of nitrogens with zero attached hydrogens (tertiary/aromatic N) is 1. The Balaban J connectivity index is 1.48. The first-order valence-corrected chi connectivity index (χ1v) is 13.1. The molecule has 11 nitrogen and oxygen atoms in total. The summed E-state index contributed by atoms with van der Waals surface area (Å²) in [6.07, 6.45) is 4.86. The third-order valence-corrected chi connectivity index (χ3v) is 7.56. The molecule has 0 unspecified atom stereocenters. The van der Waals surface area contributed by atoms with Crippen molar-refractivity contribution in [2.45, 2.75) is 56.5 Å². The fourth-order valence-electron chi connectivity index (χ4n) is 5.45. The van der Waals surface area contributed by atoms with E-state index in [4.69, 9.17) is 4.74 Å². The molecule has 3 aromatic rings. The minimum Gasteiger partial charge on any atom is -0.496 e. The van der Waals surface area contributed by atoms with Crippen LogP contribution in [-0.2, 0) is 0 Å². The first kappa shape index (κ1) is 26.2. The van der Waals surface area contributed by atoms with Gasteiger partial charge >= 0.3 is 0 Å². The van der Waals surface area contributed by atoms with Crippen LogP contribution in [0.4, 0.5) is 11.4 Å². The van der Waals surface area contributed by atoms with Crippen LogP contribution >= 0.6 is 0 Å². The van der Waals surface area contributed by atoms with Gasteiger partial charge < -0.3 is 25.7 Å². The lowest BCUT2D eigenvalue weighted by Crippen LogP contribution is -2.49. The van der Waals surface area contributed by atoms with Gasteiger partial charge in [0, 0.05) is 31.3 Å². The first-order chi connectivity index (χ1) is 18.8. The van der Waals surface area contributed by atoms with Gasteiger partial charge in [0.1, 0.15) is 11.4 Å². The zero-order valence-corrected chi connectivity index (χ0v) is 21.8. The molecule has 2 atom stereocenters. The zero-order chi connectivity index (χ0) is 27.7. The smallest absolute Gasteiger partial charge is 0.293 e. The number of aromatic nitrogens is 1. The number of hydrogen-bond acceptors (Lipinski definition) is 7. The van der Waals surface area contributed by atoms with Crippen LogP contribution < -0.4 is 26.2 Å². The molecule has 0 bridgehead atoms. The van der Waals surface area contributed by atoms with Gasteiger partial charge in [-0.05, 0) is 55.4 Å². The average molecular weight is 534 g/mol. The Hall–Kier alpha value is -4.41. The number of aromatic amines is 1. The van der Waals surface area contributed by atoms with Crippen molar-refractivity contribution >= 4 is 34.1 Å². The van der Waals surface area contributed by atoms with Crippen LogP contribution in [-0.4, -0.2) is 48.0 Å². The molecule has 4 N–H and O–H groups in total. The molecule has 0 spiro atoms. The van der Waals surface area contributed by atoms with Crippen LogP contribution in [0.1, 0.15) is 70.7 Å². The molecule has 2 fully saturated rings. The molecule has 0 saturated heterocycles. The Morgan fingerprint density at radius 1 is 1.03 bits per heavy atom. The van der Waals surface area contributed by atoms with Crippen molar-refractivity contribution in [3.8, 4) is 5.75 Å². The van der Waals surface area contributed by atoms with E-state index in [0.29, 0.717) is 29.5 Å². The number of nitro benzene ring substituents is 1.